The van der Waals surface area contributed by atoms with Crippen LogP contribution in [0.5, 0.6) is 0 Å². The number of aromatic nitrogens is 2. The van der Waals surface area contributed by atoms with E-state index in [0.29, 0.717) is 11.0 Å². The number of nitrogens with one attached hydrogen (secondary N) is 1. The number of nitrogens with zero attached hydrogens (tertiary/aromatic N) is 2. The van der Waals surface area contributed by atoms with Gasteiger partial charge in [-0.1, -0.05) is 5.92 Å². The second kappa shape index (κ2) is 4.37. The highest BCUT2D eigenvalue weighted by Gasteiger charge is 2.34. The lowest BCUT2D eigenvalue weighted by Gasteiger charge is -2.29. The number of rotatable bonds is 3. The Bertz CT molecular complexity index is 754. The predicted octanol–water partition coefficient (Wildman–Crippen LogP) is 1.60. The highest BCUT2D eigenvalue weighted by atomic mass is 32.2. The number of hydrogen-bond acceptors (Lipinski definition) is 3. The van der Waals surface area contributed by atoms with Crippen LogP contribution >= 0.6 is 0 Å². The Morgan fingerprint density at radius 1 is 1.47 bits per heavy atom. The minimum Gasteiger partial charge on any atom is -0.345 e. The van der Waals surface area contributed by atoms with Crippen molar-refractivity contribution in [2.24, 2.45) is 0 Å². The molecule has 2 rings (SSSR count). The largest absolute Gasteiger partial charge is 0.345 e. The number of hydrogen-bond donors (Lipinski definition) is 1. The second-order valence-corrected chi connectivity index (χ2v) is 6.67. The van der Waals surface area contributed by atoms with Crippen molar-refractivity contribution in [2.75, 3.05) is 7.05 Å². The first-order valence-electron chi connectivity index (χ1n) is 5.69. The van der Waals surface area contributed by atoms with Crippen molar-refractivity contribution in [3.05, 3.63) is 24.5 Å². The van der Waals surface area contributed by atoms with E-state index in [-0.39, 0.29) is 4.90 Å². The van der Waals surface area contributed by atoms with Crippen molar-refractivity contribution < 1.29 is 8.42 Å². The Kier molecular flexibility index (Phi) is 3.12. The van der Waals surface area contributed by atoms with E-state index in [1.54, 1.807) is 32.2 Å². The molecule has 0 aliphatic carbocycles. The van der Waals surface area contributed by atoms with Gasteiger partial charge in [0.05, 0.1) is 5.54 Å². The van der Waals surface area contributed by atoms with Crippen LogP contribution in [0.4, 0.5) is 0 Å². The minimum atomic E-state index is -3.67. The van der Waals surface area contributed by atoms with Crippen molar-refractivity contribution in [2.45, 2.75) is 24.3 Å². The summed E-state index contributed by atoms with van der Waals surface area (Å²) in [5.41, 5.74) is -0.363. The van der Waals surface area contributed by atoms with Gasteiger partial charge in [0.25, 0.3) is 0 Å². The molecular weight excluding hydrogens is 262 g/mol. The standard InChI is InChI=1S/C13H15N3O2S/c1-5-13(2,3)16(4)19(17,18)11-9-15-12-10(11)7-6-8-14-12/h1,6-9H,2-4H3,(H,14,15). The maximum atomic E-state index is 12.6. The Balaban J connectivity index is 2.61. The molecule has 0 saturated carbocycles. The monoisotopic (exact) mass is 277 g/mol. The van der Waals surface area contributed by atoms with E-state index >= 15 is 0 Å². The van der Waals surface area contributed by atoms with Crippen LogP contribution in [0.2, 0.25) is 0 Å². The Hall–Kier alpha value is -1.84. The molecule has 2 aromatic heterocycles. The van der Waals surface area contributed by atoms with E-state index in [0.717, 1.165) is 0 Å². The summed E-state index contributed by atoms with van der Waals surface area (Å²) >= 11 is 0. The summed E-state index contributed by atoms with van der Waals surface area (Å²) in [6, 6.07) is 3.41. The molecule has 2 aromatic rings. The molecule has 0 spiro atoms. The van der Waals surface area contributed by atoms with Crippen molar-refractivity contribution in [3.8, 4) is 12.3 Å². The van der Waals surface area contributed by atoms with E-state index in [2.05, 4.69) is 15.9 Å². The Morgan fingerprint density at radius 3 is 2.79 bits per heavy atom. The van der Waals surface area contributed by atoms with Gasteiger partial charge in [-0.15, -0.1) is 6.42 Å². The maximum Gasteiger partial charge on any atom is 0.246 e. The smallest absolute Gasteiger partial charge is 0.246 e. The fourth-order valence-electron chi connectivity index (χ4n) is 1.68. The van der Waals surface area contributed by atoms with Gasteiger partial charge < -0.3 is 4.98 Å². The molecule has 0 atom stereocenters. The average Bonchev–Trinajstić information content (AvgIpc) is 2.82. The molecule has 6 heteroatoms. The molecule has 1 N–H and O–H groups in total. The van der Waals surface area contributed by atoms with Gasteiger partial charge in [0.1, 0.15) is 10.5 Å². The molecule has 0 unspecified atom stereocenters. The summed E-state index contributed by atoms with van der Waals surface area (Å²) < 4.78 is 26.4. The number of H-pyrrole nitrogens is 1. The van der Waals surface area contributed by atoms with Crippen LogP contribution in [0, 0.1) is 12.3 Å². The highest BCUT2D eigenvalue weighted by Crippen LogP contribution is 2.27. The van der Waals surface area contributed by atoms with Crippen molar-refractivity contribution in [1.29, 1.82) is 0 Å². The Morgan fingerprint density at radius 2 is 2.16 bits per heavy atom. The number of fused-ring (bicyclic) bond motifs is 1. The lowest BCUT2D eigenvalue weighted by atomic mass is 10.1. The number of pyridine rings is 1. The summed E-state index contributed by atoms with van der Waals surface area (Å²) in [5, 5.41) is 0.558. The van der Waals surface area contributed by atoms with Crippen LogP contribution in [0.25, 0.3) is 11.0 Å². The third-order valence-corrected chi connectivity index (χ3v) is 5.26. The van der Waals surface area contributed by atoms with E-state index in [4.69, 9.17) is 6.42 Å². The van der Waals surface area contributed by atoms with Gasteiger partial charge in [-0.3, -0.25) is 0 Å². The third-order valence-electron chi connectivity index (χ3n) is 3.19. The molecule has 19 heavy (non-hydrogen) atoms. The zero-order chi connectivity index (χ0) is 14.3. The molecule has 0 amide bonds. The van der Waals surface area contributed by atoms with Gasteiger partial charge in [0.15, 0.2) is 0 Å². The maximum absolute atomic E-state index is 12.6. The molecular formula is C13H15N3O2S. The number of sulfonamides is 1. The lowest BCUT2D eigenvalue weighted by Crippen LogP contribution is -2.43. The molecule has 0 saturated heterocycles. The molecule has 5 nitrogen and oxygen atoms in total. The fraction of sp³-hybridized carbons (Fsp3) is 0.308. The van der Waals surface area contributed by atoms with Gasteiger partial charge >= 0.3 is 0 Å². The molecule has 100 valence electrons. The van der Waals surface area contributed by atoms with Crippen molar-refractivity contribution in [1.82, 2.24) is 14.3 Å². The van der Waals surface area contributed by atoms with Crippen molar-refractivity contribution in [3.63, 3.8) is 0 Å². The van der Waals surface area contributed by atoms with Gasteiger partial charge in [0, 0.05) is 24.8 Å². The highest BCUT2D eigenvalue weighted by molar-refractivity contribution is 7.89. The molecule has 0 aromatic carbocycles. The van der Waals surface area contributed by atoms with Crippen LogP contribution in [0.1, 0.15) is 13.8 Å². The predicted molar refractivity (Wildman–Crippen MR) is 74.0 cm³/mol. The molecule has 0 bridgehead atoms. The fourth-order valence-corrected chi connectivity index (χ4v) is 3.28. The van der Waals surface area contributed by atoms with Crippen LogP contribution in [0.15, 0.2) is 29.4 Å². The molecule has 0 aliphatic heterocycles. The zero-order valence-corrected chi connectivity index (χ0v) is 11.8. The number of terminal acetylenes is 1. The van der Waals surface area contributed by atoms with Gasteiger partial charge in [-0.2, -0.15) is 4.31 Å². The first-order chi connectivity index (χ1) is 8.80. The van der Waals surface area contributed by atoms with Gasteiger partial charge in [-0.05, 0) is 26.0 Å². The summed E-state index contributed by atoms with van der Waals surface area (Å²) in [4.78, 5) is 7.11. The van der Waals surface area contributed by atoms with E-state index in [1.807, 2.05) is 0 Å². The summed E-state index contributed by atoms with van der Waals surface area (Å²) in [6.45, 7) is 3.36. The van der Waals surface area contributed by atoms with Crippen LogP contribution < -0.4 is 0 Å². The van der Waals surface area contributed by atoms with Crippen LogP contribution in [-0.4, -0.2) is 35.3 Å². The lowest BCUT2D eigenvalue weighted by molar-refractivity contribution is 0.341. The number of aromatic amines is 1. The zero-order valence-electron chi connectivity index (χ0n) is 11.0. The van der Waals surface area contributed by atoms with Gasteiger partial charge in [0.2, 0.25) is 10.0 Å². The van der Waals surface area contributed by atoms with Crippen LogP contribution in [0.3, 0.4) is 0 Å². The quantitative estimate of drug-likeness (QED) is 0.866. The second-order valence-electron chi connectivity index (χ2n) is 4.73. The van der Waals surface area contributed by atoms with Crippen molar-refractivity contribution >= 4 is 21.1 Å². The Labute approximate surface area is 112 Å². The summed E-state index contributed by atoms with van der Waals surface area (Å²) in [6.07, 6.45) is 8.44. The van der Waals surface area contributed by atoms with E-state index in [1.165, 1.54) is 17.5 Å². The summed E-state index contributed by atoms with van der Waals surface area (Å²) in [5.74, 6) is 2.48. The summed E-state index contributed by atoms with van der Waals surface area (Å²) in [7, 11) is -2.20. The van der Waals surface area contributed by atoms with Crippen LogP contribution in [-0.2, 0) is 10.0 Å². The topological polar surface area (TPSA) is 66.1 Å². The van der Waals surface area contributed by atoms with E-state index < -0.39 is 15.6 Å². The first-order valence-corrected chi connectivity index (χ1v) is 7.13. The molecule has 0 radical (unpaired) electrons. The van der Waals surface area contributed by atoms with E-state index in [9.17, 15) is 8.42 Å². The normalized spacial score (nSPS) is 12.8. The average molecular weight is 277 g/mol. The first kappa shape index (κ1) is 13.6. The third kappa shape index (κ3) is 2.11. The SMILES string of the molecule is C#CC(C)(C)N(C)S(=O)(=O)c1c[nH]c2ncccc12. The minimum absolute atomic E-state index is 0.182. The van der Waals surface area contributed by atoms with Gasteiger partial charge in [-0.25, -0.2) is 13.4 Å². The molecule has 0 fully saturated rings. The molecule has 2 heterocycles. The molecule has 0 aliphatic rings.